The molecule has 0 spiro atoms. The van der Waals surface area contributed by atoms with Gasteiger partial charge in [-0.25, -0.2) is 0 Å². The predicted octanol–water partition coefficient (Wildman–Crippen LogP) is 8.67. The van der Waals surface area contributed by atoms with Crippen molar-refractivity contribution in [3.05, 3.63) is 124 Å². The molecule has 1 saturated carbocycles. The molecule has 3 aromatic rings. The molecule has 1 aliphatic carbocycles. The van der Waals surface area contributed by atoms with Gasteiger partial charge >= 0.3 is 6.18 Å². The molecule has 0 atom stereocenters. The predicted molar refractivity (Wildman–Crippen MR) is 129 cm³/mol. The van der Waals surface area contributed by atoms with Gasteiger partial charge in [0.05, 0.1) is 5.57 Å². The Morgan fingerprint density at radius 1 is 0.600 bits per heavy atom. The Hall–Kier alpha value is -2.12. The molecule has 0 amide bonds. The second-order valence-electron chi connectivity index (χ2n) is 6.72. The summed E-state index contributed by atoms with van der Waals surface area (Å²) in [6, 6.07) is 26.9. The lowest BCUT2D eigenvalue weighted by atomic mass is 10.0. The van der Waals surface area contributed by atoms with Crippen LogP contribution in [0.15, 0.2) is 108 Å². The van der Waals surface area contributed by atoms with E-state index in [-0.39, 0.29) is 11.1 Å². The molecular formula is C25H15BrF3I. The summed E-state index contributed by atoms with van der Waals surface area (Å²) < 4.78 is 44.2. The van der Waals surface area contributed by atoms with Crippen LogP contribution in [0.4, 0.5) is 13.2 Å². The van der Waals surface area contributed by atoms with Crippen molar-refractivity contribution in [2.24, 2.45) is 0 Å². The van der Waals surface area contributed by atoms with Gasteiger partial charge < -0.3 is 0 Å². The lowest BCUT2D eigenvalue weighted by Gasteiger charge is -2.11. The minimum absolute atomic E-state index is 0.165. The van der Waals surface area contributed by atoms with Crippen LogP contribution in [0, 0.1) is 0 Å². The van der Waals surface area contributed by atoms with Crippen LogP contribution in [0.25, 0.3) is 13.6 Å². The maximum absolute atomic E-state index is 14.3. The van der Waals surface area contributed by atoms with Crippen LogP contribution in [0.5, 0.6) is 0 Å². The number of allylic oxidation sites excluding steroid dienone is 4. The van der Waals surface area contributed by atoms with E-state index < -0.39 is 11.7 Å². The summed E-state index contributed by atoms with van der Waals surface area (Å²) in [4.78, 5) is 0. The molecule has 0 aromatic heterocycles. The second-order valence-corrected chi connectivity index (χ2v) is 8.60. The Morgan fingerprint density at radius 2 is 1.03 bits per heavy atom. The van der Waals surface area contributed by atoms with Crippen LogP contribution < -0.4 is 0 Å². The van der Waals surface area contributed by atoms with Gasteiger partial charge in [-0.2, -0.15) is 13.2 Å². The van der Waals surface area contributed by atoms with E-state index in [4.69, 9.17) is 0 Å². The highest BCUT2D eigenvalue weighted by Gasteiger charge is 2.47. The molecule has 0 N–H and O–H groups in total. The smallest absolute Gasteiger partial charge is 0.166 e. The average Bonchev–Trinajstić information content (AvgIpc) is 3.48. The first-order chi connectivity index (χ1) is 14.4. The molecule has 0 bridgehead atoms. The van der Waals surface area contributed by atoms with Crippen LogP contribution in [0.3, 0.4) is 0 Å². The zero-order chi connectivity index (χ0) is 21.3. The van der Waals surface area contributed by atoms with Crippen molar-refractivity contribution >= 4 is 52.2 Å². The summed E-state index contributed by atoms with van der Waals surface area (Å²) in [5.74, 6) is 0. The summed E-state index contributed by atoms with van der Waals surface area (Å²) in [6.45, 7) is 0. The van der Waals surface area contributed by atoms with E-state index in [1.54, 1.807) is 18.2 Å². The van der Waals surface area contributed by atoms with Crippen molar-refractivity contribution in [2.45, 2.75) is 6.18 Å². The maximum Gasteiger partial charge on any atom is 0.417 e. The molecule has 1 aliphatic rings. The number of halogens is 5. The van der Waals surface area contributed by atoms with Gasteiger partial charge in [0.2, 0.25) is 0 Å². The van der Waals surface area contributed by atoms with Gasteiger partial charge in [0.25, 0.3) is 0 Å². The first kappa shape index (κ1) is 21.1. The lowest BCUT2D eigenvalue weighted by molar-refractivity contribution is -0.0690. The topological polar surface area (TPSA) is 0 Å². The van der Waals surface area contributed by atoms with Crippen LogP contribution >= 0.6 is 38.5 Å². The molecule has 0 radical (unpaired) electrons. The third-order valence-corrected chi connectivity index (χ3v) is 6.79. The highest BCUT2D eigenvalue weighted by Crippen LogP contribution is 2.60. The number of rotatable bonds is 3. The molecule has 3 aromatic carbocycles. The standard InChI is InChI=1S/C25H15BrF3I/c26-23(17-12-6-2-7-13-17)20-19(21(20)24(30)18-14-8-3-9-15-18)22(25(27,28)29)16-10-4-1-5-11-16/h1-15H. The minimum atomic E-state index is -4.48. The Labute approximate surface area is 195 Å². The molecule has 1 fully saturated rings. The second kappa shape index (κ2) is 8.55. The van der Waals surface area contributed by atoms with Crippen molar-refractivity contribution < 1.29 is 13.2 Å². The van der Waals surface area contributed by atoms with Crippen LogP contribution in [-0.4, -0.2) is 6.18 Å². The average molecular weight is 579 g/mol. The van der Waals surface area contributed by atoms with E-state index in [0.717, 1.165) is 14.7 Å². The van der Waals surface area contributed by atoms with Crippen LogP contribution in [-0.2, 0) is 0 Å². The Morgan fingerprint density at radius 3 is 1.50 bits per heavy atom. The van der Waals surface area contributed by atoms with Gasteiger partial charge in [-0.1, -0.05) is 91.0 Å². The van der Waals surface area contributed by atoms with E-state index >= 15 is 0 Å². The normalized spacial score (nSPS) is 18.7. The molecule has 0 unspecified atom stereocenters. The minimum Gasteiger partial charge on any atom is -0.166 e. The monoisotopic (exact) mass is 578 g/mol. The molecule has 0 aliphatic heterocycles. The van der Waals surface area contributed by atoms with Crippen molar-refractivity contribution in [3.63, 3.8) is 0 Å². The number of alkyl halides is 3. The fourth-order valence-electron chi connectivity index (χ4n) is 3.39. The van der Waals surface area contributed by atoms with E-state index in [9.17, 15) is 13.2 Å². The van der Waals surface area contributed by atoms with Crippen LogP contribution in [0.2, 0.25) is 0 Å². The zero-order valence-electron chi connectivity index (χ0n) is 15.6. The third kappa shape index (κ3) is 4.18. The van der Waals surface area contributed by atoms with Gasteiger partial charge in [0.15, 0.2) is 0 Å². The third-order valence-electron chi connectivity index (χ3n) is 4.78. The summed E-state index contributed by atoms with van der Waals surface area (Å²) in [5.41, 5.74) is 2.77. The zero-order valence-corrected chi connectivity index (χ0v) is 19.3. The van der Waals surface area contributed by atoms with Gasteiger partial charge in [-0.15, -0.1) is 0 Å². The van der Waals surface area contributed by atoms with E-state index in [2.05, 4.69) is 38.5 Å². The van der Waals surface area contributed by atoms with E-state index in [1.807, 2.05) is 60.7 Å². The molecule has 0 nitrogen and oxygen atoms in total. The summed E-state index contributed by atoms with van der Waals surface area (Å²) in [7, 11) is 0. The first-order valence-electron chi connectivity index (χ1n) is 9.18. The summed E-state index contributed by atoms with van der Waals surface area (Å²) >= 11 is 5.73. The highest BCUT2D eigenvalue weighted by molar-refractivity contribution is 14.1. The highest BCUT2D eigenvalue weighted by atomic mass is 127. The van der Waals surface area contributed by atoms with Gasteiger partial charge in [0.1, 0.15) is 0 Å². The summed E-state index contributed by atoms with van der Waals surface area (Å²) in [6.07, 6.45) is -4.48. The SMILES string of the molecule is FC(F)(F)C(=C1C(=C(Br)c2ccccc2)C1=C(I)c1ccccc1)c1ccccc1. The van der Waals surface area contributed by atoms with Crippen molar-refractivity contribution in [2.75, 3.05) is 0 Å². The molecule has 0 saturated heterocycles. The van der Waals surface area contributed by atoms with Crippen molar-refractivity contribution in [3.8, 4) is 0 Å². The molecule has 5 heteroatoms. The number of hydrogen-bond donors (Lipinski definition) is 0. The Kier molecular flexibility index (Phi) is 6.02. The number of hydrogen-bond acceptors (Lipinski definition) is 0. The van der Waals surface area contributed by atoms with Crippen molar-refractivity contribution in [1.82, 2.24) is 0 Å². The first-order valence-corrected chi connectivity index (χ1v) is 11.0. The largest absolute Gasteiger partial charge is 0.417 e. The van der Waals surface area contributed by atoms with Gasteiger partial charge in [-0.3, -0.25) is 0 Å². The molecule has 30 heavy (non-hydrogen) atoms. The molecule has 0 heterocycles. The maximum atomic E-state index is 14.3. The molecule has 4 rings (SSSR count). The van der Waals surface area contributed by atoms with Crippen LogP contribution in [0.1, 0.15) is 16.7 Å². The van der Waals surface area contributed by atoms with Gasteiger partial charge in [-0.05, 0) is 55.2 Å². The fourth-order valence-corrected chi connectivity index (χ4v) is 4.95. The van der Waals surface area contributed by atoms with E-state index in [0.29, 0.717) is 15.6 Å². The fraction of sp³-hybridized carbons (Fsp3) is 0.0400. The summed E-state index contributed by atoms with van der Waals surface area (Å²) in [5, 5.41) is 0. The van der Waals surface area contributed by atoms with E-state index in [1.165, 1.54) is 12.1 Å². The lowest BCUT2D eigenvalue weighted by Crippen LogP contribution is -2.11. The van der Waals surface area contributed by atoms with Gasteiger partial charge in [0, 0.05) is 24.8 Å². The number of benzene rings is 3. The Bertz CT molecular complexity index is 1100. The molecule has 150 valence electrons. The Balaban J connectivity index is 2.04. The molecular weight excluding hydrogens is 564 g/mol. The van der Waals surface area contributed by atoms with Crippen molar-refractivity contribution in [1.29, 1.82) is 0 Å². The quantitative estimate of drug-likeness (QED) is 0.273.